The number of hydrogen-bond acceptors (Lipinski definition) is 3. The van der Waals surface area contributed by atoms with E-state index in [0.29, 0.717) is 11.8 Å². The fraction of sp³-hybridized carbons (Fsp3) is 0.588. The van der Waals surface area contributed by atoms with E-state index in [9.17, 15) is 4.79 Å². The van der Waals surface area contributed by atoms with E-state index in [-0.39, 0.29) is 24.2 Å². The molecule has 0 saturated carbocycles. The molecule has 0 aromatic heterocycles. The Balaban J connectivity index is 0.00000176. The quantitative estimate of drug-likeness (QED) is 0.907. The van der Waals surface area contributed by atoms with Crippen molar-refractivity contribution in [1.29, 1.82) is 0 Å². The number of fused-ring (bicyclic) bond motifs is 1. The highest BCUT2D eigenvalue weighted by molar-refractivity contribution is 5.98. The number of nitrogens with one attached hydrogen (secondary N) is 1. The molecule has 1 aromatic carbocycles. The fourth-order valence-electron chi connectivity index (χ4n) is 3.37. The van der Waals surface area contributed by atoms with Crippen LogP contribution < -0.4 is 15.1 Å². The van der Waals surface area contributed by atoms with Crippen molar-refractivity contribution in [2.45, 2.75) is 13.8 Å². The second-order valence-corrected chi connectivity index (χ2v) is 6.63. The van der Waals surface area contributed by atoms with Gasteiger partial charge in [-0.15, -0.1) is 12.4 Å². The molecule has 0 radical (unpaired) electrons. The summed E-state index contributed by atoms with van der Waals surface area (Å²) in [4.78, 5) is 17.3. The molecule has 0 aliphatic carbocycles. The van der Waals surface area contributed by atoms with Gasteiger partial charge in [0.15, 0.2) is 0 Å². The van der Waals surface area contributed by atoms with Crippen LogP contribution in [0.1, 0.15) is 13.8 Å². The summed E-state index contributed by atoms with van der Waals surface area (Å²) in [6.07, 6.45) is 0. The smallest absolute Gasteiger partial charge is 0.230 e. The number of amides is 1. The second kappa shape index (κ2) is 6.88. The Bertz CT molecular complexity index is 532. The molecule has 5 heteroatoms. The predicted molar refractivity (Wildman–Crippen MR) is 94.0 cm³/mol. The molecule has 2 aliphatic rings. The van der Waals surface area contributed by atoms with E-state index in [1.54, 1.807) is 0 Å². The zero-order valence-corrected chi connectivity index (χ0v) is 14.4. The molecule has 1 amide bonds. The lowest BCUT2D eigenvalue weighted by molar-refractivity contribution is -0.124. The van der Waals surface area contributed by atoms with E-state index in [4.69, 9.17) is 0 Å². The van der Waals surface area contributed by atoms with E-state index in [1.807, 2.05) is 17.0 Å². The molecule has 4 nitrogen and oxygen atoms in total. The fourth-order valence-corrected chi connectivity index (χ4v) is 3.37. The van der Waals surface area contributed by atoms with E-state index in [2.05, 4.69) is 43.2 Å². The summed E-state index contributed by atoms with van der Waals surface area (Å²) < 4.78 is 0. The van der Waals surface area contributed by atoms with Crippen LogP contribution in [0.25, 0.3) is 0 Å². The molecule has 0 spiro atoms. The molecule has 2 unspecified atom stereocenters. The molecule has 2 heterocycles. The third kappa shape index (κ3) is 3.08. The van der Waals surface area contributed by atoms with Gasteiger partial charge in [-0.1, -0.05) is 26.0 Å². The van der Waals surface area contributed by atoms with Gasteiger partial charge in [0.25, 0.3) is 0 Å². The maximum atomic E-state index is 13.0. The molecule has 0 bridgehead atoms. The minimum Gasteiger partial charge on any atom is -0.373 e. The zero-order valence-electron chi connectivity index (χ0n) is 13.6. The number of anilines is 2. The maximum absolute atomic E-state index is 13.0. The van der Waals surface area contributed by atoms with Crippen molar-refractivity contribution in [2.75, 3.05) is 43.0 Å². The van der Waals surface area contributed by atoms with Crippen LogP contribution in [-0.2, 0) is 4.79 Å². The second-order valence-electron chi connectivity index (χ2n) is 6.63. The van der Waals surface area contributed by atoms with Gasteiger partial charge >= 0.3 is 0 Å². The van der Waals surface area contributed by atoms with E-state index in [0.717, 1.165) is 37.6 Å². The summed E-state index contributed by atoms with van der Waals surface area (Å²) in [5.74, 6) is 1.32. The first-order chi connectivity index (χ1) is 10.1. The highest BCUT2D eigenvalue weighted by Gasteiger charge is 2.34. The van der Waals surface area contributed by atoms with Crippen molar-refractivity contribution < 1.29 is 4.79 Å². The molecule has 2 aliphatic heterocycles. The Morgan fingerprint density at radius 2 is 1.86 bits per heavy atom. The lowest BCUT2D eigenvalue weighted by atomic mass is 9.87. The van der Waals surface area contributed by atoms with E-state index >= 15 is 0 Å². The van der Waals surface area contributed by atoms with Gasteiger partial charge in [0.2, 0.25) is 5.91 Å². The van der Waals surface area contributed by atoms with Crippen molar-refractivity contribution >= 4 is 29.7 Å². The first kappa shape index (κ1) is 17.1. The Morgan fingerprint density at radius 1 is 1.23 bits per heavy atom. The summed E-state index contributed by atoms with van der Waals surface area (Å²) in [6, 6.07) is 8.27. The summed E-state index contributed by atoms with van der Waals surface area (Å²) in [5.41, 5.74) is 2.22. The van der Waals surface area contributed by atoms with Crippen molar-refractivity contribution in [3.8, 4) is 0 Å². The number of nitrogens with zero attached hydrogens (tertiary/aromatic N) is 2. The standard InChI is InChI=1S/C17H25N3O.ClH/c1-12-10-19(3)15-6-4-5-7-16(15)20(11-12)17(21)13(2)14-8-18-9-14;/h4-7,12-14,18H,8-11H2,1-3H3;1H. The SMILES string of the molecule is CC1CN(C)c2ccccc2N(C(=O)C(C)C2CNC2)C1.Cl. The van der Waals surface area contributed by atoms with Crippen LogP contribution in [0.5, 0.6) is 0 Å². The third-order valence-corrected chi connectivity index (χ3v) is 4.84. The highest BCUT2D eigenvalue weighted by atomic mass is 35.5. The molecule has 1 fully saturated rings. The van der Waals surface area contributed by atoms with Crippen LogP contribution in [0, 0.1) is 17.8 Å². The molecule has 122 valence electrons. The first-order valence-electron chi connectivity index (χ1n) is 7.90. The van der Waals surface area contributed by atoms with Crippen molar-refractivity contribution in [1.82, 2.24) is 5.32 Å². The van der Waals surface area contributed by atoms with E-state index in [1.165, 1.54) is 0 Å². The molecular formula is C17H26ClN3O. The Kier molecular flexibility index (Phi) is 5.35. The minimum atomic E-state index is 0. The van der Waals surface area contributed by atoms with Gasteiger partial charge in [0, 0.05) is 26.1 Å². The average Bonchev–Trinajstić information content (AvgIpc) is 2.53. The molecule has 1 aromatic rings. The Morgan fingerprint density at radius 3 is 2.45 bits per heavy atom. The number of para-hydroxylation sites is 2. The highest BCUT2D eigenvalue weighted by Crippen LogP contribution is 2.34. The van der Waals surface area contributed by atoms with E-state index < -0.39 is 0 Å². The van der Waals surface area contributed by atoms with Gasteiger partial charge in [-0.05, 0) is 37.1 Å². The normalized spacial score (nSPS) is 23.0. The minimum absolute atomic E-state index is 0. The van der Waals surface area contributed by atoms with Gasteiger partial charge in [-0.25, -0.2) is 0 Å². The van der Waals surface area contributed by atoms with Crippen LogP contribution in [-0.4, -0.2) is 39.1 Å². The number of rotatable bonds is 2. The topological polar surface area (TPSA) is 35.6 Å². The predicted octanol–water partition coefficient (Wildman–Crippen LogP) is 2.38. The van der Waals surface area contributed by atoms with Crippen LogP contribution in [0.2, 0.25) is 0 Å². The largest absolute Gasteiger partial charge is 0.373 e. The van der Waals surface area contributed by atoms with Gasteiger partial charge in [0.1, 0.15) is 0 Å². The van der Waals surface area contributed by atoms with Gasteiger partial charge in [-0.3, -0.25) is 4.79 Å². The number of halogens is 1. The van der Waals surface area contributed by atoms with Gasteiger partial charge in [-0.2, -0.15) is 0 Å². The number of benzene rings is 1. The van der Waals surface area contributed by atoms with Crippen LogP contribution in [0.3, 0.4) is 0 Å². The molecule has 1 saturated heterocycles. The summed E-state index contributed by atoms with van der Waals surface area (Å²) in [7, 11) is 2.11. The van der Waals surface area contributed by atoms with Crippen molar-refractivity contribution in [2.24, 2.45) is 17.8 Å². The van der Waals surface area contributed by atoms with Crippen molar-refractivity contribution in [3.05, 3.63) is 24.3 Å². The Labute approximate surface area is 139 Å². The Hall–Kier alpha value is -1.26. The van der Waals surface area contributed by atoms with Gasteiger partial charge < -0.3 is 15.1 Å². The van der Waals surface area contributed by atoms with Crippen molar-refractivity contribution in [3.63, 3.8) is 0 Å². The molecule has 22 heavy (non-hydrogen) atoms. The number of hydrogen-bond donors (Lipinski definition) is 1. The molecule has 3 rings (SSSR count). The summed E-state index contributed by atoms with van der Waals surface area (Å²) in [6.45, 7) is 8.04. The summed E-state index contributed by atoms with van der Waals surface area (Å²) in [5, 5.41) is 3.27. The summed E-state index contributed by atoms with van der Waals surface area (Å²) >= 11 is 0. The molecule has 2 atom stereocenters. The average molecular weight is 324 g/mol. The zero-order chi connectivity index (χ0) is 15.0. The van der Waals surface area contributed by atoms with Crippen LogP contribution >= 0.6 is 12.4 Å². The lowest BCUT2D eigenvalue weighted by Crippen LogP contribution is -2.51. The maximum Gasteiger partial charge on any atom is 0.230 e. The number of carbonyl (C=O) groups is 1. The van der Waals surface area contributed by atoms with Crippen LogP contribution in [0.4, 0.5) is 11.4 Å². The number of carbonyl (C=O) groups excluding carboxylic acids is 1. The third-order valence-electron chi connectivity index (χ3n) is 4.84. The monoisotopic (exact) mass is 323 g/mol. The first-order valence-corrected chi connectivity index (χ1v) is 7.90. The molecule has 1 N–H and O–H groups in total. The van der Waals surface area contributed by atoms with Crippen LogP contribution in [0.15, 0.2) is 24.3 Å². The molecular weight excluding hydrogens is 298 g/mol. The van der Waals surface area contributed by atoms with Gasteiger partial charge in [0.05, 0.1) is 11.4 Å². The lowest BCUT2D eigenvalue weighted by Gasteiger charge is -2.35.